The topological polar surface area (TPSA) is 45.7 Å². The molecule has 4 nitrogen and oxygen atoms in total. The van der Waals surface area contributed by atoms with Crippen LogP contribution in [-0.4, -0.2) is 51.3 Å². The zero-order valence-electron chi connectivity index (χ0n) is 13.8. The third kappa shape index (κ3) is 9.68. The van der Waals surface area contributed by atoms with Crippen molar-refractivity contribution in [2.45, 2.75) is 19.3 Å². The molecule has 0 bridgehead atoms. The Balaban J connectivity index is 1.92. The second-order valence-electron chi connectivity index (χ2n) is 4.97. The Bertz CT molecular complexity index is 398. The minimum atomic E-state index is 0.801. The van der Waals surface area contributed by atoms with Gasteiger partial charge in [0.25, 0.3) is 0 Å². The molecule has 124 valence electrons. The third-order valence-electron chi connectivity index (χ3n) is 3.21. The van der Waals surface area contributed by atoms with E-state index in [4.69, 9.17) is 4.74 Å². The molecule has 0 radical (unpaired) electrons. The first kappa shape index (κ1) is 18.8. The van der Waals surface area contributed by atoms with Crippen molar-refractivity contribution in [3.63, 3.8) is 0 Å². The minimum Gasteiger partial charge on any atom is -0.381 e. The molecule has 0 amide bonds. The summed E-state index contributed by atoms with van der Waals surface area (Å²) < 4.78 is 5.67. The van der Waals surface area contributed by atoms with Crippen molar-refractivity contribution in [1.82, 2.24) is 10.6 Å². The van der Waals surface area contributed by atoms with Gasteiger partial charge in [-0.1, -0.05) is 30.3 Å². The lowest BCUT2D eigenvalue weighted by Gasteiger charge is -2.11. The van der Waals surface area contributed by atoms with Crippen LogP contribution >= 0.6 is 11.8 Å². The molecule has 22 heavy (non-hydrogen) atoms. The molecule has 0 saturated carbocycles. The van der Waals surface area contributed by atoms with E-state index in [1.807, 2.05) is 17.8 Å². The number of rotatable bonds is 11. The molecular formula is C17H29N3OS. The van der Waals surface area contributed by atoms with Gasteiger partial charge in [0.05, 0.1) is 6.61 Å². The molecule has 0 fully saturated rings. The Morgan fingerprint density at radius 2 is 1.86 bits per heavy atom. The molecule has 2 N–H and O–H groups in total. The Labute approximate surface area is 139 Å². The van der Waals surface area contributed by atoms with Gasteiger partial charge in [-0.3, -0.25) is 4.99 Å². The van der Waals surface area contributed by atoms with Crippen LogP contribution in [0.3, 0.4) is 0 Å². The van der Waals surface area contributed by atoms with Crippen LogP contribution in [0.4, 0.5) is 0 Å². The fourth-order valence-electron chi connectivity index (χ4n) is 1.96. The molecule has 1 aromatic rings. The zero-order chi connectivity index (χ0) is 15.9. The molecule has 0 aromatic heterocycles. The van der Waals surface area contributed by atoms with Crippen LogP contribution in [0, 0.1) is 0 Å². The van der Waals surface area contributed by atoms with Gasteiger partial charge in [0, 0.05) is 32.5 Å². The summed E-state index contributed by atoms with van der Waals surface area (Å²) in [4.78, 5) is 4.19. The quantitative estimate of drug-likeness (QED) is 0.373. The minimum absolute atomic E-state index is 0.801. The fraction of sp³-hybridized carbons (Fsp3) is 0.588. The lowest BCUT2D eigenvalue weighted by atomic mass is 10.2. The smallest absolute Gasteiger partial charge is 0.191 e. The first-order valence-corrected chi connectivity index (χ1v) is 9.31. The summed E-state index contributed by atoms with van der Waals surface area (Å²) in [7, 11) is 1.81. The van der Waals surface area contributed by atoms with Crippen LogP contribution in [0.1, 0.15) is 18.4 Å². The Hall–Kier alpha value is -1.20. The van der Waals surface area contributed by atoms with E-state index in [9.17, 15) is 0 Å². The summed E-state index contributed by atoms with van der Waals surface area (Å²) in [5.74, 6) is 1.98. The summed E-state index contributed by atoms with van der Waals surface area (Å²) in [5.41, 5.74) is 1.34. The van der Waals surface area contributed by atoms with E-state index < -0.39 is 0 Å². The number of nitrogens with zero attached hydrogens (tertiary/aromatic N) is 1. The van der Waals surface area contributed by atoms with Crippen molar-refractivity contribution in [2.24, 2.45) is 4.99 Å². The maximum Gasteiger partial charge on any atom is 0.191 e. The first-order chi connectivity index (χ1) is 10.9. The van der Waals surface area contributed by atoms with Gasteiger partial charge in [0.15, 0.2) is 5.96 Å². The average Bonchev–Trinajstić information content (AvgIpc) is 2.56. The molecule has 0 unspecified atom stereocenters. The van der Waals surface area contributed by atoms with Crippen LogP contribution in [0.2, 0.25) is 0 Å². The van der Waals surface area contributed by atoms with E-state index in [1.54, 1.807) is 7.05 Å². The number of ether oxygens (including phenoxy) is 1. The van der Waals surface area contributed by atoms with Crippen molar-refractivity contribution < 1.29 is 4.74 Å². The van der Waals surface area contributed by atoms with Crippen LogP contribution in [0.15, 0.2) is 35.3 Å². The fourth-order valence-corrected chi connectivity index (χ4v) is 2.27. The maximum absolute atomic E-state index is 5.67. The van der Waals surface area contributed by atoms with Gasteiger partial charge in [-0.25, -0.2) is 0 Å². The standard InChI is InChI=1S/C17H29N3OS/c1-18-17(20-12-15-22-2)19-11-6-7-13-21-14-10-16-8-4-3-5-9-16/h3-5,8-9H,6-7,10-15H2,1-2H3,(H2,18,19,20). The molecule has 1 aromatic carbocycles. The highest BCUT2D eigenvalue weighted by Gasteiger charge is 1.96. The van der Waals surface area contributed by atoms with Gasteiger partial charge in [-0.15, -0.1) is 0 Å². The zero-order valence-corrected chi connectivity index (χ0v) is 14.6. The van der Waals surface area contributed by atoms with Crippen LogP contribution in [0.25, 0.3) is 0 Å². The van der Waals surface area contributed by atoms with E-state index in [0.717, 1.165) is 57.3 Å². The summed E-state index contributed by atoms with van der Waals surface area (Å²) in [6.45, 7) is 3.51. The number of aliphatic imine (C=N–C) groups is 1. The number of nitrogens with one attached hydrogen (secondary N) is 2. The molecule has 5 heteroatoms. The van der Waals surface area contributed by atoms with E-state index >= 15 is 0 Å². The number of benzene rings is 1. The number of thioether (sulfide) groups is 1. The van der Waals surface area contributed by atoms with Crippen LogP contribution in [-0.2, 0) is 11.2 Å². The van der Waals surface area contributed by atoms with Crippen molar-refractivity contribution in [2.75, 3.05) is 45.4 Å². The highest BCUT2D eigenvalue weighted by atomic mass is 32.2. The number of hydrogen-bond acceptors (Lipinski definition) is 3. The number of unbranched alkanes of at least 4 members (excludes halogenated alkanes) is 1. The molecule has 0 aliphatic rings. The average molecular weight is 324 g/mol. The molecular weight excluding hydrogens is 294 g/mol. The van der Waals surface area contributed by atoms with Gasteiger partial charge in [0.1, 0.15) is 0 Å². The Kier molecular flexibility index (Phi) is 11.5. The molecule has 0 atom stereocenters. The molecule has 1 rings (SSSR count). The van der Waals surface area contributed by atoms with Crippen molar-refractivity contribution in [3.8, 4) is 0 Å². The van der Waals surface area contributed by atoms with E-state index in [0.29, 0.717) is 0 Å². The highest BCUT2D eigenvalue weighted by Crippen LogP contribution is 2.00. The van der Waals surface area contributed by atoms with E-state index in [1.165, 1.54) is 5.56 Å². The predicted octanol–water partition coefficient (Wildman–Crippen LogP) is 2.55. The van der Waals surface area contributed by atoms with Crippen LogP contribution in [0.5, 0.6) is 0 Å². The first-order valence-electron chi connectivity index (χ1n) is 7.92. The third-order valence-corrected chi connectivity index (χ3v) is 3.82. The van der Waals surface area contributed by atoms with Crippen molar-refractivity contribution >= 4 is 17.7 Å². The van der Waals surface area contributed by atoms with Crippen molar-refractivity contribution in [1.29, 1.82) is 0 Å². The SMILES string of the molecule is CN=C(NCCCCOCCc1ccccc1)NCCSC. The largest absolute Gasteiger partial charge is 0.381 e. The summed E-state index contributed by atoms with van der Waals surface area (Å²) in [5, 5.41) is 6.61. The van der Waals surface area contributed by atoms with Gasteiger partial charge >= 0.3 is 0 Å². The molecule has 0 aliphatic heterocycles. The monoisotopic (exact) mass is 323 g/mol. The summed E-state index contributed by atoms with van der Waals surface area (Å²) in [6, 6.07) is 10.5. The number of hydrogen-bond donors (Lipinski definition) is 2. The Morgan fingerprint density at radius 1 is 1.09 bits per heavy atom. The lowest BCUT2D eigenvalue weighted by molar-refractivity contribution is 0.133. The second kappa shape index (κ2) is 13.5. The predicted molar refractivity (Wildman–Crippen MR) is 97.9 cm³/mol. The second-order valence-corrected chi connectivity index (χ2v) is 5.96. The summed E-state index contributed by atoms with van der Waals surface area (Å²) in [6.07, 6.45) is 5.26. The molecule has 0 spiro atoms. The summed E-state index contributed by atoms with van der Waals surface area (Å²) >= 11 is 1.83. The van der Waals surface area contributed by atoms with Gasteiger partial charge in [-0.2, -0.15) is 11.8 Å². The normalized spacial score (nSPS) is 11.5. The van der Waals surface area contributed by atoms with Gasteiger partial charge in [0.2, 0.25) is 0 Å². The van der Waals surface area contributed by atoms with E-state index in [2.05, 4.69) is 46.1 Å². The highest BCUT2D eigenvalue weighted by molar-refractivity contribution is 7.98. The Morgan fingerprint density at radius 3 is 2.59 bits per heavy atom. The lowest BCUT2D eigenvalue weighted by Crippen LogP contribution is -2.38. The number of guanidine groups is 1. The molecule has 0 saturated heterocycles. The van der Waals surface area contributed by atoms with Gasteiger partial charge < -0.3 is 15.4 Å². The molecule has 0 aliphatic carbocycles. The van der Waals surface area contributed by atoms with Crippen LogP contribution < -0.4 is 10.6 Å². The van der Waals surface area contributed by atoms with Gasteiger partial charge in [-0.05, 0) is 31.1 Å². The van der Waals surface area contributed by atoms with E-state index in [-0.39, 0.29) is 0 Å². The maximum atomic E-state index is 5.67. The van der Waals surface area contributed by atoms with Crippen molar-refractivity contribution in [3.05, 3.63) is 35.9 Å². The molecule has 0 heterocycles.